The van der Waals surface area contributed by atoms with E-state index in [2.05, 4.69) is 39.2 Å². The lowest BCUT2D eigenvalue weighted by molar-refractivity contribution is -0.153. The Labute approximate surface area is 99.8 Å². The molecule has 4 rings (SSSR count). The average Bonchev–Trinajstić information content (AvgIpc) is 2.12. The van der Waals surface area contributed by atoms with E-state index in [9.17, 15) is 0 Å². The van der Waals surface area contributed by atoms with Crippen molar-refractivity contribution >= 4 is 0 Å². The van der Waals surface area contributed by atoms with Gasteiger partial charge in [0, 0.05) is 0 Å². The van der Waals surface area contributed by atoms with Crippen LogP contribution in [0.2, 0.25) is 0 Å². The lowest BCUT2D eigenvalue weighted by atomic mass is 9.36. The number of allylic oxidation sites excluding steroid dienone is 2. The maximum atomic E-state index is 4.14. The first-order valence-corrected chi connectivity index (χ1v) is 6.64. The van der Waals surface area contributed by atoms with E-state index in [-0.39, 0.29) is 0 Å². The second-order valence-electron chi connectivity index (χ2n) is 7.81. The van der Waals surface area contributed by atoms with Crippen LogP contribution in [0.15, 0.2) is 25.3 Å². The summed E-state index contributed by atoms with van der Waals surface area (Å²) in [4.78, 5) is 0. The molecule has 0 aromatic rings. The predicted molar refractivity (Wildman–Crippen MR) is 69.2 cm³/mol. The second kappa shape index (κ2) is 2.66. The molecular formula is C16H24. The van der Waals surface area contributed by atoms with Crippen LogP contribution in [-0.2, 0) is 0 Å². The lowest BCUT2D eigenvalue weighted by Gasteiger charge is -2.68. The monoisotopic (exact) mass is 216 g/mol. The molecule has 16 heavy (non-hydrogen) atoms. The summed E-state index contributed by atoms with van der Waals surface area (Å²) in [6, 6.07) is 0. The smallest absolute Gasteiger partial charge is 0.0102 e. The average molecular weight is 216 g/mol. The van der Waals surface area contributed by atoms with Crippen LogP contribution >= 0.6 is 0 Å². The molecule has 0 N–H and O–H groups in total. The SMILES string of the molecule is C=CC12CC3(C)CC(C)(C1)CC(C=C)(C3)C2. The van der Waals surface area contributed by atoms with E-state index in [1.807, 2.05) is 0 Å². The van der Waals surface area contributed by atoms with Crippen molar-refractivity contribution < 1.29 is 0 Å². The molecule has 88 valence electrons. The van der Waals surface area contributed by atoms with Crippen LogP contribution in [0.5, 0.6) is 0 Å². The number of hydrogen-bond acceptors (Lipinski definition) is 0. The molecule has 0 aliphatic heterocycles. The normalized spacial score (nSPS) is 58.6. The molecule has 0 heterocycles. The molecule has 0 aromatic heterocycles. The van der Waals surface area contributed by atoms with Gasteiger partial charge in [-0.05, 0) is 60.2 Å². The van der Waals surface area contributed by atoms with Crippen LogP contribution in [0.25, 0.3) is 0 Å². The largest absolute Gasteiger partial charge is 0.103 e. The molecule has 0 amide bonds. The van der Waals surface area contributed by atoms with Crippen molar-refractivity contribution in [2.45, 2.75) is 52.4 Å². The van der Waals surface area contributed by atoms with E-state index < -0.39 is 0 Å². The zero-order valence-electron chi connectivity index (χ0n) is 10.8. The molecule has 0 heteroatoms. The first kappa shape index (κ1) is 10.6. The summed E-state index contributed by atoms with van der Waals surface area (Å²) in [6.07, 6.45) is 12.8. The van der Waals surface area contributed by atoms with Gasteiger partial charge in [-0.1, -0.05) is 26.0 Å². The number of rotatable bonds is 2. The Balaban J connectivity index is 2.12. The van der Waals surface area contributed by atoms with Crippen LogP contribution in [0, 0.1) is 21.7 Å². The zero-order valence-corrected chi connectivity index (χ0v) is 10.8. The maximum Gasteiger partial charge on any atom is -0.0102 e. The highest BCUT2D eigenvalue weighted by atomic mass is 14.7. The van der Waals surface area contributed by atoms with Crippen molar-refractivity contribution in [1.82, 2.24) is 0 Å². The van der Waals surface area contributed by atoms with Crippen LogP contribution in [0.1, 0.15) is 52.4 Å². The molecule has 0 saturated heterocycles. The Morgan fingerprint density at radius 1 is 0.688 bits per heavy atom. The fourth-order valence-electron chi connectivity index (χ4n) is 6.31. The topological polar surface area (TPSA) is 0 Å². The number of hydrogen-bond donors (Lipinski definition) is 0. The molecule has 0 unspecified atom stereocenters. The summed E-state index contributed by atoms with van der Waals surface area (Å²) >= 11 is 0. The minimum atomic E-state index is 0.423. The molecule has 0 spiro atoms. The van der Waals surface area contributed by atoms with Gasteiger partial charge < -0.3 is 0 Å². The van der Waals surface area contributed by atoms with E-state index in [1.54, 1.807) is 0 Å². The Hall–Kier alpha value is -0.520. The maximum absolute atomic E-state index is 4.14. The van der Waals surface area contributed by atoms with Gasteiger partial charge in [0.1, 0.15) is 0 Å². The zero-order chi connectivity index (χ0) is 11.7. The first-order chi connectivity index (χ1) is 7.36. The minimum Gasteiger partial charge on any atom is -0.103 e. The molecule has 0 atom stereocenters. The quantitative estimate of drug-likeness (QED) is 0.586. The highest BCUT2D eigenvalue weighted by molar-refractivity contribution is 5.22. The van der Waals surface area contributed by atoms with E-state index in [1.165, 1.54) is 38.5 Å². The van der Waals surface area contributed by atoms with Gasteiger partial charge in [-0.25, -0.2) is 0 Å². The molecule has 4 bridgehead atoms. The highest BCUT2D eigenvalue weighted by Gasteiger charge is 2.63. The van der Waals surface area contributed by atoms with Gasteiger partial charge in [-0.3, -0.25) is 0 Å². The summed E-state index contributed by atoms with van der Waals surface area (Å²) in [5, 5.41) is 0. The summed E-state index contributed by atoms with van der Waals surface area (Å²) in [6.45, 7) is 13.3. The standard InChI is InChI=1S/C16H24/c1-5-15-8-13(3)7-14(4,9-15)11-16(6-2,10-13)12-15/h5-6H,1-2,7-12H2,3-4H3. The van der Waals surface area contributed by atoms with Crippen molar-refractivity contribution in [3.8, 4) is 0 Å². The Kier molecular flexibility index (Phi) is 1.76. The molecule has 0 nitrogen and oxygen atoms in total. The Morgan fingerprint density at radius 3 is 1.38 bits per heavy atom. The van der Waals surface area contributed by atoms with Crippen molar-refractivity contribution in [2.75, 3.05) is 0 Å². The summed E-state index contributed by atoms with van der Waals surface area (Å²) in [5.74, 6) is 0. The van der Waals surface area contributed by atoms with Gasteiger partial charge >= 0.3 is 0 Å². The van der Waals surface area contributed by atoms with Gasteiger partial charge in [0.15, 0.2) is 0 Å². The third kappa shape index (κ3) is 1.22. The third-order valence-corrected chi connectivity index (χ3v) is 5.54. The van der Waals surface area contributed by atoms with E-state index in [4.69, 9.17) is 0 Å². The summed E-state index contributed by atoms with van der Waals surface area (Å²) in [5.41, 5.74) is 1.94. The van der Waals surface area contributed by atoms with E-state index >= 15 is 0 Å². The summed E-state index contributed by atoms with van der Waals surface area (Å²) < 4.78 is 0. The van der Waals surface area contributed by atoms with Crippen LogP contribution in [-0.4, -0.2) is 0 Å². The second-order valence-corrected chi connectivity index (χ2v) is 7.81. The van der Waals surface area contributed by atoms with Crippen LogP contribution < -0.4 is 0 Å². The third-order valence-electron chi connectivity index (χ3n) is 5.54. The molecule has 0 aromatic carbocycles. The minimum absolute atomic E-state index is 0.423. The predicted octanol–water partition coefficient (Wildman–Crippen LogP) is 4.73. The molecule has 4 saturated carbocycles. The van der Waals surface area contributed by atoms with Crippen molar-refractivity contribution in [1.29, 1.82) is 0 Å². The molecule has 4 fully saturated rings. The van der Waals surface area contributed by atoms with Gasteiger partial charge in [0.05, 0.1) is 0 Å². The first-order valence-electron chi connectivity index (χ1n) is 6.64. The van der Waals surface area contributed by atoms with Crippen molar-refractivity contribution in [3.05, 3.63) is 25.3 Å². The fraction of sp³-hybridized carbons (Fsp3) is 0.750. The molecular weight excluding hydrogens is 192 g/mol. The van der Waals surface area contributed by atoms with Crippen LogP contribution in [0.3, 0.4) is 0 Å². The van der Waals surface area contributed by atoms with Crippen LogP contribution in [0.4, 0.5) is 0 Å². The Morgan fingerprint density at radius 2 is 1.06 bits per heavy atom. The van der Waals surface area contributed by atoms with Crippen molar-refractivity contribution in [2.24, 2.45) is 21.7 Å². The molecule has 4 aliphatic carbocycles. The van der Waals surface area contributed by atoms with Gasteiger partial charge in [0.2, 0.25) is 0 Å². The Bertz CT molecular complexity index is 314. The van der Waals surface area contributed by atoms with Crippen molar-refractivity contribution in [3.63, 3.8) is 0 Å². The molecule has 4 aliphatic rings. The molecule has 0 radical (unpaired) electrons. The van der Waals surface area contributed by atoms with E-state index in [0.717, 1.165) is 0 Å². The highest BCUT2D eigenvalue weighted by Crippen LogP contribution is 2.74. The van der Waals surface area contributed by atoms with Gasteiger partial charge in [-0.15, -0.1) is 13.2 Å². The lowest BCUT2D eigenvalue weighted by Crippen LogP contribution is -2.58. The summed E-state index contributed by atoms with van der Waals surface area (Å²) in [7, 11) is 0. The van der Waals surface area contributed by atoms with Gasteiger partial charge in [-0.2, -0.15) is 0 Å². The van der Waals surface area contributed by atoms with Gasteiger partial charge in [0.25, 0.3) is 0 Å². The van der Waals surface area contributed by atoms with E-state index in [0.29, 0.717) is 21.7 Å². The fourth-order valence-corrected chi connectivity index (χ4v) is 6.31.